The van der Waals surface area contributed by atoms with Crippen molar-refractivity contribution < 1.29 is 5.21 Å². The number of hydrogen-bond donors (Lipinski definition) is 2. The van der Waals surface area contributed by atoms with Crippen molar-refractivity contribution in [2.45, 2.75) is 20.4 Å². The Morgan fingerprint density at radius 1 is 1.41 bits per heavy atom. The first-order valence-corrected chi connectivity index (χ1v) is 5.69. The van der Waals surface area contributed by atoms with Crippen molar-refractivity contribution in [3.63, 3.8) is 0 Å². The highest BCUT2D eigenvalue weighted by Gasteiger charge is 2.09. The standard InChI is InChI=1S/C13H17N3O/c1-9(2)8-16-7-6-10-11(13(14)15-17)4-3-5-12(10)16/h3-7,9,17H,8H2,1-2H3,(H2,14,15). The fourth-order valence-electron chi connectivity index (χ4n) is 2.05. The smallest absolute Gasteiger partial charge is 0.170 e. The lowest BCUT2D eigenvalue weighted by Gasteiger charge is -2.09. The Bertz CT molecular complexity index is 555. The Morgan fingerprint density at radius 2 is 2.18 bits per heavy atom. The first kappa shape index (κ1) is 11.5. The number of amidine groups is 1. The molecule has 90 valence electrons. The second kappa shape index (κ2) is 4.49. The Kier molecular flexibility index (Phi) is 3.04. The molecule has 0 aliphatic heterocycles. The summed E-state index contributed by atoms with van der Waals surface area (Å²) < 4.78 is 2.19. The number of fused-ring (bicyclic) bond motifs is 1. The minimum absolute atomic E-state index is 0.151. The van der Waals surface area contributed by atoms with Crippen LogP contribution in [0.1, 0.15) is 19.4 Å². The highest BCUT2D eigenvalue weighted by Crippen LogP contribution is 2.21. The van der Waals surface area contributed by atoms with Gasteiger partial charge in [0.25, 0.3) is 0 Å². The van der Waals surface area contributed by atoms with Crippen molar-refractivity contribution in [1.29, 1.82) is 0 Å². The first-order chi connectivity index (χ1) is 8.13. The van der Waals surface area contributed by atoms with E-state index in [0.717, 1.165) is 23.0 Å². The Morgan fingerprint density at radius 3 is 2.82 bits per heavy atom. The van der Waals surface area contributed by atoms with Crippen LogP contribution in [-0.2, 0) is 6.54 Å². The molecule has 1 aromatic carbocycles. The van der Waals surface area contributed by atoms with Gasteiger partial charge in [0.1, 0.15) is 0 Å². The van der Waals surface area contributed by atoms with E-state index in [2.05, 4.69) is 23.6 Å². The molecule has 1 aromatic heterocycles. The molecular formula is C13H17N3O. The van der Waals surface area contributed by atoms with E-state index in [1.54, 1.807) is 0 Å². The normalized spacial score (nSPS) is 12.5. The van der Waals surface area contributed by atoms with Crippen LogP contribution in [0.4, 0.5) is 0 Å². The van der Waals surface area contributed by atoms with E-state index >= 15 is 0 Å². The molecule has 0 saturated carbocycles. The summed E-state index contributed by atoms with van der Waals surface area (Å²) in [5.74, 6) is 0.732. The number of aromatic nitrogens is 1. The molecule has 0 unspecified atom stereocenters. The van der Waals surface area contributed by atoms with Crippen LogP contribution < -0.4 is 5.73 Å². The molecule has 0 saturated heterocycles. The van der Waals surface area contributed by atoms with Gasteiger partial charge in [-0.15, -0.1) is 0 Å². The number of rotatable bonds is 3. The lowest BCUT2D eigenvalue weighted by Crippen LogP contribution is -2.13. The maximum atomic E-state index is 8.76. The third-order valence-electron chi connectivity index (χ3n) is 2.76. The summed E-state index contributed by atoms with van der Waals surface area (Å²) in [5.41, 5.74) is 7.55. The maximum absolute atomic E-state index is 8.76. The Hall–Kier alpha value is -1.97. The number of nitrogens with two attached hydrogens (primary N) is 1. The molecule has 4 heteroatoms. The van der Waals surface area contributed by atoms with Crippen LogP contribution in [0.3, 0.4) is 0 Å². The molecule has 0 amide bonds. The summed E-state index contributed by atoms with van der Waals surface area (Å²) in [6.07, 6.45) is 2.04. The van der Waals surface area contributed by atoms with Crippen LogP contribution in [0.2, 0.25) is 0 Å². The molecule has 3 N–H and O–H groups in total. The van der Waals surface area contributed by atoms with Crippen molar-refractivity contribution in [3.8, 4) is 0 Å². The summed E-state index contributed by atoms with van der Waals surface area (Å²) in [5, 5.41) is 12.8. The zero-order chi connectivity index (χ0) is 12.4. The van der Waals surface area contributed by atoms with Crippen LogP contribution in [0, 0.1) is 5.92 Å². The number of hydrogen-bond acceptors (Lipinski definition) is 2. The Balaban J connectivity index is 2.57. The highest BCUT2D eigenvalue weighted by molar-refractivity contribution is 6.08. The van der Waals surface area contributed by atoms with Crippen LogP contribution in [0.15, 0.2) is 35.6 Å². The lowest BCUT2D eigenvalue weighted by molar-refractivity contribution is 0.318. The van der Waals surface area contributed by atoms with Gasteiger partial charge in [0.2, 0.25) is 0 Å². The van der Waals surface area contributed by atoms with Gasteiger partial charge >= 0.3 is 0 Å². The van der Waals surface area contributed by atoms with Crippen LogP contribution in [0.25, 0.3) is 10.9 Å². The molecule has 2 aromatic rings. The van der Waals surface area contributed by atoms with E-state index in [4.69, 9.17) is 10.9 Å². The molecule has 1 heterocycles. The fourth-order valence-corrected chi connectivity index (χ4v) is 2.05. The van der Waals surface area contributed by atoms with Crippen LogP contribution >= 0.6 is 0 Å². The molecule has 17 heavy (non-hydrogen) atoms. The molecule has 0 aliphatic carbocycles. The third kappa shape index (κ3) is 2.11. The predicted molar refractivity (Wildman–Crippen MR) is 69.3 cm³/mol. The third-order valence-corrected chi connectivity index (χ3v) is 2.76. The fraction of sp³-hybridized carbons (Fsp3) is 0.308. The van der Waals surface area contributed by atoms with Gasteiger partial charge in [0.05, 0.1) is 0 Å². The summed E-state index contributed by atoms with van der Waals surface area (Å²) in [4.78, 5) is 0. The van der Waals surface area contributed by atoms with Crippen molar-refractivity contribution in [1.82, 2.24) is 4.57 Å². The monoisotopic (exact) mass is 231 g/mol. The van der Waals surface area contributed by atoms with Gasteiger partial charge in [0.15, 0.2) is 5.84 Å². The second-order valence-electron chi connectivity index (χ2n) is 4.59. The van der Waals surface area contributed by atoms with E-state index in [0.29, 0.717) is 5.92 Å². The highest BCUT2D eigenvalue weighted by atomic mass is 16.4. The SMILES string of the molecule is CC(C)Cn1ccc2c(/C(N)=N/O)cccc21. The zero-order valence-corrected chi connectivity index (χ0v) is 10.1. The molecule has 0 atom stereocenters. The summed E-state index contributed by atoms with van der Waals surface area (Å²) in [7, 11) is 0. The van der Waals surface area contributed by atoms with E-state index in [9.17, 15) is 0 Å². The van der Waals surface area contributed by atoms with Crippen molar-refractivity contribution in [3.05, 3.63) is 36.0 Å². The molecule has 0 spiro atoms. The van der Waals surface area contributed by atoms with E-state index in [1.807, 2.05) is 30.5 Å². The van der Waals surface area contributed by atoms with Gasteiger partial charge in [-0.3, -0.25) is 0 Å². The topological polar surface area (TPSA) is 63.5 Å². The minimum Gasteiger partial charge on any atom is -0.409 e. The zero-order valence-electron chi connectivity index (χ0n) is 10.1. The van der Waals surface area contributed by atoms with Crippen molar-refractivity contribution >= 4 is 16.7 Å². The number of benzene rings is 1. The number of oxime groups is 1. The second-order valence-corrected chi connectivity index (χ2v) is 4.59. The van der Waals surface area contributed by atoms with Gasteiger partial charge in [-0.05, 0) is 18.1 Å². The molecule has 4 nitrogen and oxygen atoms in total. The molecular weight excluding hydrogens is 214 g/mol. The average molecular weight is 231 g/mol. The van der Waals surface area contributed by atoms with Crippen molar-refractivity contribution in [2.24, 2.45) is 16.8 Å². The van der Waals surface area contributed by atoms with E-state index in [-0.39, 0.29) is 5.84 Å². The molecule has 0 bridgehead atoms. The van der Waals surface area contributed by atoms with Crippen molar-refractivity contribution in [2.75, 3.05) is 0 Å². The average Bonchev–Trinajstić information content (AvgIpc) is 2.71. The predicted octanol–water partition coefficient (Wildman–Crippen LogP) is 2.39. The molecule has 2 rings (SSSR count). The van der Waals surface area contributed by atoms with Crippen LogP contribution in [-0.4, -0.2) is 15.6 Å². The molecule has 0 aliphatic rings. The van der Waals surface area contributed by atoms with Gasteiger partial charge in [-0.1, -0.05) is 31.1 Å². The minimum atomic E-state index is 0.151. The van der Waals surface area contributed by atoms with Gasteiger partial charge in [-0.25, -0.2) is 0 Å². The largest absolute Gasteiger partial charge is 0.409 e. The Labute approximate surface area is 100 Å². The van der Waals surface area contributed by atoms with E-state index < -0.39 is 0 Å². The molecule has 0 radical (unpaired) electrons. The van der Waals surface area contributed by atoms with E-state index in [1.165, 1.54) is 0 Å². The summed E-state index contributed by atoms with van der Waals surface area (Å²) in [6, 6.07) is 7.83. The maximum Gasteiger partial charge on any atom is 0.170 e. The number of nitrogens with zero attached hydrogens (tertiary/aromatic N) is 2. The van der Waals surface area contributed by atoms with Crippen LogP contribution in [0.5, 0.6) is 0 Å². The summed E-state index contributed by atoms with van der Waals surface area (Å²) in [6.45, 7) is 5.32. The van der Waals surface area contributed by atoms with Gasteiger partial charge in [0, 0.05) is 29.2 Å². The first-order valence-electron chi connectivity index (χ1n) is 5.69. The molecule has 0 fully saturated rings. The quantitative estimate of drug-likeness (QED) is 0.369. The summed E-state index contributed by atoms with van der Waals surface area (Å²) >= 11 is 0. The van der Waals surface area contributed by atoms with Gasteiger partial charge in [-0.2, -0.15) is 0 Å². The lowest BCUT2D eigenvalue weighted by atomic mass is 10.1. The van der Waals surface area contributed by atoms with Gasteiger partial charge < -0.3 is 15.5 Å².